The van der Waals surface area contributed by atoms with Gasteiger partial charge < -0.3 is 5.32 Å². The Morgan fingerprint density at radius 1 is 1.20 bits per heavy atom. The summed E-state index contributed by atoms with van der Waals surface area (Å²) in [6, 6.07) is 8.87. The SMILES string of the molecule is CCNCc1ccc(SCC(C)C)cc1. The average molecular weight is 223 g/mol. The van der Waals surface area contributed by atoms with E-state index in [1.807, 2.05) is 11.8 Å². The van der Waals surface area contributed by atoms with Crippen LogP contribution in [0.1, 0.15) is 26.3 Å². The van der Waals surface area contributed by atoms with Crippen molar-refractivity contribution in [1.29, 1.82) is 0 Å². The van der Waals surface area contributed by atoms with Gasteiger partial charge in [-0.25, -0.2) is 0 Å². The zero-order chi connectivity index (χ0) is 11.1. The van der Waals surface area contributed by atoms with Gasteiger partial charge in [-0.2, -0.15) is 0 Å². The first-order chi connectivity index (χ1) is 7.22. The minimum Gasteiger partial charge on any atom is -0.313 e. The van der Waals surface area contributed by atoms with Crippen LogP contribution >= 0.6 is 11.8 Å². The molecule has 84 valence electrons. The number of thioether (sulfide) groups is 1. The zero-order valence-electron chi connectivity index (χ0n) is 9.92. The van der Waals surface area contributed by atoms with Crippen LogP contribution in [0.2, 0.25) is 0 Å². The van der Waals surface area contributed by atoms with E-state index < -0.39 is 0 Å². The fourth-order valence-electron chi connectivity index (χ4n) is 1.24. The fourth-order valence-corrected chi connectivity index (χ4v) is 2.09. The topological polar surface area (TPSA) is 12.0 Å². The molecular weight excluding hydrogens is 202 g/mol. The van der Waals surface area contributed by atoms with E-state index in [0.717, 1.165) is 19.0 Å². The number of benzene rings is 1. The Bertz CT molecular complexity index is 266. The van der Waals surface area contributed by atoms with Crippen molar-refractivity contribution in [1.82, 2.24) is 5.32 Å². The Balaban J connectivity index is 2.41. The summed E-state index contributed by atoms with van der Waals surface area (Å²) in [6.45, 7) is 8.65. The van der Waals surface area contributed by atoms with Crippen LogP contribution in [0.25, 0.3) is 0 Å². The molecule has 0 fully saturated rings. The first-order valence-electron chi connectivity index (χ1n) is 5.64. The third-order valence-corrected chi connectivity index (χ3v) is 3.52. The largest absolute Gasteiger partial charge is 0.313 e. The monoisotopic (exact) mass is 223 g/mol. The Hall–Kier alpha value is -0.470. The van der Waals surface area contributed by atoms with Crippen molar-refractivity contribution in [2.24, 2.45) is 5.92 Å². The summed E-state index contributed by atoms with van der Waals surface area (Å²) < 4.78 is 0. The van der Waals surface area contributed by atoms with Gasteiger partial charge in [-0.3, -0.25) is 0 Å². The molecule has 0 aliphatic heterocycles. The second-order valence-electron chi connectivity index (χ2n) is 4.13. The first-order valence-corrected chi connectivity index (χ1v) is 6.63. The van der Waals surface area contributed by atoms with Crippen molar-refractivity contribution in [3.63, 3.8) is 0 Å². The van der Waals surface area contributed by atoms with Crippen molar-refractivity contribution in [3.05, 3.63) is 29.8 Å². The number of rotatable bonds is 6. The van der Waals surface area contributed by atoms with Gasteiger partial charge in [-0.15, -0.1) is 11.8 Å². The van der Waals surface area contributed by atoms with Gasteiger partial charge in [0.2, 0.25) is 0 Å². The minimum absolute atomic E-state index is 0.761. The maximum atomic E-state index is 3.33. The van der Waals surface area contributed by atoms with Crippen LogP contribution in [0.3, 0.4) is 0 Å². The molecule has 1 aromatic carbocycles. The lowest BCUT2D eigenvalue weighted by Gasteiger charge is -2.06. The normalized spacial score (nSPS) is 10.9. The van der Waals surface area contributed by atoms with Crippen LogP contribution in [-0.4, -0.2) is 12.3 Å². The van der Waals surface area contributed by atoms with Crippen LogP contribution in [0.5, 0.6) is 0 Å². The van der Waals surface area contributed by atoms with Crippen molar-refractivity contribution in [2.45, 2.75) is 32.2 Å². The molecule has 0 aliphatic carbocycles. The molecule has 0 atom stereocenters. The summed E-state index contributed by atoms with van der Waals surface area (Å²) in [4.78, 5) is 1.38. The molecule has 0 aliphatic rings. The van der Waals surface area contributed by atoms with Crippen LogP contribution in [0, 0.1) is 5.92 Å². The highest BCUT2D eigenvalue weighted by atomic mass is 32.2. The molecule has 0 radical (unpaired) electrons. The molecule has 0 heterocycles. The van der Waals surface area contributed by atoms with Crippen LogP contribution in [-0.2, 0) is 6.54 Å². The lowest BCUT2D eigenvalue weighted by Crippen LogP contribution is -2.11. The molecule has 0 unspecified atom stereocenters. The third kappa shape index (κ3) is 5.24. The van der Waals surface area contributed by atoms with Crippen LogP contribution in [0.4, 0.5) is 0 Å². The van der Waals surface area contributed by atoms with E-state index in [4.69, 9.17) is 0 Å². The second-order valence-corrected chi connectivity index (χ2v) is 5.22. The lowest BCUT2D eigenvalue weighted by atomic mass is 10.2. The highest BCUT2D eigenvalue weighted by Gasteiger charge is 1.97. The van der Waals surface area contributed by atoms with Gasteiger partial charge in [0.1, 0.15) is 0 Å². The minimum atomic E-state index is 0.761. The molecule has 2 heteroatoms. The van der Waals surface area contributed by atoms with Crippen molar-refractivity contribution >= 4 is 11.8 Å². The lowest BCUT2D eigenvalue weighted by molar-refractivity contribution is 0.726. The predicted octanol–water partition coefficient (Wildman–Crippen LogP) is 3.54. The quantitative estimate of drug-likeness (QED) is 0.740. The second kappa shape index (κ2) is 6.91. The van der Waals surface area contributed by atoms with Crippen LogP contribution < -0.4 is 5.32 Å². The van der Waals surface area contributed by atoms with E-state index in [1.165, 1.54) is 16.2 Å². The van der Waals surface area contributed by atoms with Crippen molar-refractivity contribution in [2.75, 3.05) is 12.3 Å². The fraction of sp³-hybridized carbons (Fsp3) is 0.538. The highest BCUT2D eigenvalue weighted by Crippen LogP contribution is 2.20. The van der Waals surface area contributed by atoms with Crippen LogP contribution in [0.15, 0.2) is 29.2 Å². The van der Waals surface area contributed by atoms with E-state index in [0.29, 0.717) is 0 Å². The molecule has 0 spiro atoms. The van der Waals surface area contributed by atoms with E-state index in [9.17, 15) is 0 Å². The van der Waals surface area contributed by atoms with Gasteiger partial charge in [0.25, 0.3) is 0 Å². The number of hydrogen-bond donors (Lipinski definition) is 1. The Kier molecular flexibility index (Phi) is 5.81. The summed E-state index contributed by atoms with van der Waals surface area (Å²) in [5.41, 5.74) is 1.37. The predicted molar refractivity (Wildman–Crippen MR) is 69.4 cm³/mol. The Labute approximate surface area is 97.7 Å². The van der Waals surface area contributed by atoms with Gasteiger partial charge >= 0.3 is 0 Å². The summed E-state index contributed by atoms with van der Waals surface area (Å²) in [6.07, 6.45) is 0. The van der Waals surface area contributed by atoms with E-state index in [2.05, 4.69) is 50.4 Å². The molecule has 1 nitrogen and oxygen atoms in total. The molecule has 1 N–H and O–H groups in total. The van der Waals surface area contributed by atoms with Gasteiger partial charge in [-0.05, 0) is 30.2 Å². The molecule has 0 saturated carbocycles. The summed E-state index contributed by atoms with van der Waals surface area (Å²) in [5, 5.41) is 3.33. The van der Waals surface area contributed by atoms with Gasteiger partial charge in [0.15, 0.2) is 0 Å². The zero-order valence-corrected chi connectivity index (χ0v) is 10.7. The standard InChI is InChI=1S/C13H21NS/c1-4-14-9-12-5-7-13(8-6-12)15-10-11(2)3/h5-8,11,14H,4,9-10H2,1-3H3. The summed E-state index contributed by atoms with van der Waals surface area (Å²) in [5.74, 6) is 1.96. The third-order valence-electron chi connectivity index (χ3n) is 2.09. The molecule has 0 amide bonds. The van der Waals surface area contributed by atoms with E-state index >= 15 is 0 Å². The highest BCUT2D eigenvalue weighted by molar-refractivity contribution is 7.99. The smallest absolute Gasteiger partial charge is 0.0205 e. The van der Waals surface area contributed by atoms with Gasteiger partial charge in [-0.1, -0.05) is 32.9 Å². The van der Waals surface area contributed by atoms with E-state index in [-0.39, 0.29) is 0 Å². The van der Waals surface area contributed by atoms with Crippen molar-refractivity contribution in [3.8, 4) is 0 Å². The molecular formula is C13H21NS. The Morgan fingerprint density at radius 3 is 2.40 bits per heavy atom. The first kappa shape index (κ1) is 12.6. The van der Waals surface area contributed by atoms with Gasteiger partial charge in [0.05, 0.1) is 0 Å². The maximum absolute atomic E-state index is 3.33. The molecule has 1 rings (SSSR count). The number of nitrogens with one attached hydrogen (secondary N) is 1. The van der Waals surface area contributed by atoms with E-state index in [1.54, 1.807) is 0 Å². The Morgan fingerprint density at radius 2 is 1.87 bits per heavy atom. The molecule has 15 heavy (non-hydrogen) atoms. The number of hydrogen-bond acceptors (Lipinski definition) is 2. The summed E-state index contributed by atoms with van der Waals surface area (Å²) >= 11 is 1.94. The van der Waals surface area contributed by atoms with Crippen molar-refractivity contribution < 1.29 is 0 Å². The summed E-state index contributed by atoms with van der Waals surface area (Å²) in [7, 11) is 0. The molecule has 0 aromatic heterocycles. The maximum Gasteiger partial charge on any atom is 0.0205 e. The molecule has 0 bridgehead atoms. The molecule has 1 aromatic rings. The van der Waals surface area contributed by atoms with Gasteiger partial charge in [0, 0.05) is 17.2 Å². The average Bonchev–Trinajstić information content (AvgIpc) is 2.25. The molecule has 0 saturated heterocycles.